The van der Waals surface area contributed by atoms with E-state index >= 15 is 0 Å². The third kappa shape index (κ3) is 3.90. The van der Waals surface area contributed by atoms with Crippen LogP contribution in [0.3, 0.4) is 0 Å². The van der Waals surface area contributed by atoms with E-state index in [-0.39, 0.29) is 5.56 Å². The molecule has 1 saturated heterocycles. The summed E-state index contributed by atoms with van der Waals surface area (Å²) in [4.78, 5) is 19.0. The van der Waals surface area contributed by atoms with Crippen molar-refractivity contribution in [2.45, 2.75) is 64.5 Å². The fraction of sp³-hybridized carbons (Fsp3) is 0.650. The molecule has 26 heavy (non-hydrogen) atoms. The molecule has 140 valence electrons. The molecule has 0 N–H and O–H groups in total. The molecule has 2 aromatic rings. The standard InChI is InChI=1S/C20H28N4O2/c1-14(2)20-18(21-13-26-20)12-23-9-7-15(8-10-23)11-24-19(25)6-5-17(22-24)16-3-4-16/h5-6,13-16H,3-4,7-12H2,1-2H3. The zero-order chi connectivity index (χ0) is 18.1. The Morgan fingerprint density at radius 1 is 1.19 bits per heavy atom. The Labute approximate surface area is 154 Å². The van der Waals surface area contributed by atoms with Gasteiger partial charge in [0.25, 0.3) is 5.56 Å². The van der Waals surface area contributed by atoms with Gasteiger partial charge in [-0.2, -0.15) is 5.10 Å². The molecule has 2 fully saturated rings. The number of piperidine rings is 1. The van der Waals surface area contributed by atoms with Gasteiger partial charge in [0.2, 0.25) is 0 Å². The first kappa shape index (κ1) is 17.5. The molecule has 4 rings (SSSR count). The highest BCUT2D eigenvalue weighted by atomic mass is 16.3. The van der Waals surface area contributed by atoms with E-state index in [0.29, 0.717) is 17.8 Å². The lowest BCUT2D eigenvalue weighted by atomic mass is 9.96. The second kappa shape index (κ2) is 7.35. The van der Waals surface area contributed by atoms with Gasteiger partial charge in [0.05, 0.1) is 11.4 Å². The lowest BCUT2D eigenvalue weighted by Gasteiger charge is -2.31. The number of likely N-dealkylation sites (tertiary alicyclic amines) is 1. The second-order valence-corrected chi connectivity index (χ2v) is 8.09. The highest BCUT2D eigenvalue weighted by Gasteiger charge is 2.26. The Morgan fingerprint density at radius 3 is 2.65 bits per heavy atom. The minimum Gasteiger partial charge on any atom is -0.448 e. The average molecular weight is 356 g/mol. The van der Waals surface area contributed by atoms with E-state index in [1.807, 2.05) is 6.07 Å². The predicted molar refractivity (Wildman–Crippen MR) is 99.1 cm³/mol. The Hall–Kier alpha value is -1.95. The summed E-state index contributed by atoms with van der Waals surface area (Å²) in [6.45, 7) is 7.94. The number of nitrogens with zero attached hydrogens (tertiary/aromatic N) is 4. The van der Waals surface area contributed by atoms with Crippen LogP contribution in [0.2, 0.25) is 0 Å². The van der Waals surface area contributed by atoms with E-state index in [2.05, 4.69) is 28.8 Å². The highest BCUT2D eigenvalue weighted by Crippen LogP contribution is 2.38. The summed E-state index contributed by atoms with van der Waals surface area (Å²) in [6, 6.07) is 3.59. The first-order chi connectivity index (χ1) is 12.6. The number of aromatic nitrogens is 3. The minimum atomic E-state index is 0.0287. The summed E-state index contributed by atoms with van der Waals surface area (Å²) < 4.78 is 7.23. The molecular formula is C20H28N4O2. The molecular weight excluding hydrogens is 328 g/mol. The van der Waals surface area contributed by atoms with Crippen LogP contribution in [-0.2, 0) is 13.1 Å². The molecule has 0 bridgehead atoms. The molecule has 1 aliphatic heterocycles. The topological polar surface area (TPSA) is 64.2 Å². The van der Waals surface area contributed by atoms with Crippen LogP contribution in [0.25, 0.3) is 0 Å². The van der Waals surface area contributed by atoms with Crippen LogP contribution in [0, 0.1) is 5.92 Å². The van der Waals surface area contributed by atoms with Gasteiger partial charge in [-0.3, -0.25) is 9.69 Å². The average Bonchev–Trinajstić information content (AvgIpc) is 3.37. The van der Waals surface area contributed by atoms with Crippen molar-refractivity contribution in [2.75, 3.05) is 13.1 Å². The SMILES string of the molecule is CC(C)c1ocnc1CN1CCC(Cn2nc(C3CC3)ccc2=O)CC1. The van der Waals surface area contributed by atoms with Crippen LogP contribution < -0.4 is 5.56 Å². The van der Waals surface area contributed by atoms with Gasteiger partial charge in [-0.25, -0.2) is 9.67 Å². The Balaban J connectivity index is 1.33. The zero-order valence-electron chi connectivity index (χ0n) is 15.7. The molecule has 1 saturated carbocycles. The van der Waals surface area contributed by atoms with Crippen LogP contribution in [0.1, 0.15) is 68.5 Å². The van der Waals surface area contributed by atoms with Gasteiger partial charge in [0.15, 0.2) is 6.39 Å². The van der Waals surface area contributed by atoms with Gasteiger partial charge in [-0.05, 0) is 50.8 Å². The van der Waals surface area contributed by atoms with Gasteiger partial charge in [-0.15, -0.1) is 0 Å². The number of hydrogen-bond donors (Lipinski definition) is 0. The van der Waals surface area contributed by atoms with Crippen molar-refractivity contribution in [2.24, 2.45) is 5.92 Å². The van der Waals surface area contributed by atoms with E-state index in [4.69, 9.17) is 4.42 Å². The third-order valence-electron chi connectivity index (χ3n) is 5.59. The molecule has 3 heterocycles. The normalized spacial score (nSPS) is 19.3. The molecule has 0 unspecified atom stereocenters. The molecule has 2 aliphatic rings. The van der Waals surface area contributed by atoms with Gasteiger partial charge >= 0.3 is 0 Å². The quantitative estimate of drug-likeness (QED) is 0.795. The first-order valence-corrected chi connectivity index (χ1v) is 9.83. The van der Waals surface area contributed by atoms with Gasteiger partial charge < -0.3 is 4.42 Å². The summed E-state index contributed by atoms with van der Waals surface area (Å²) >= 11 is 0. The smallest absolute Gasteiger partial charge is 0.266 e. The third-order valence-corrected chi connectivity index (χ3v) is 5.59. The monoisotopic (exact) mass is 356 g/mol. The molecule has 6 nitrogen and oxygen atoms in total. The lowest BCUT2D eigenvalue weighted by molar-refractivity contribution is 0.161. The molecule has 0 radical (unpaired) electrons. The number of hydrogen-bond acceptors (Lipinski definition) is 5. The Kier molecular flexibility index (Phi) is 4.94. The fourth-order valence-electron chi connectivity index (χ4n) is 3.84. The Morgan fingerprint density at radius 2 is 1.96 bits per heavy atom. The molecule has 0 amide bonds. The van der Waals surface area contributed by atoms with Crippen LogP contribution >= 0.6 is 0 Å². The molecule has 0 aromatic carbocycles. The van der Waals surface area contributed by atoms with E-state index in [1.54, 1.807) is 17.1 Å². The zero-order valence-corrected chi connectivity index (χ0v) is 15.7. The van der Waals surface area contributed by atoms with Gasteiger partial charge in [0, 0.05) is 31.0 Å². The van der Waals surface area contributed by atoms with Crippen molar-refractivity contribution in [1.82, 2.24) is 19.7 Å². The van der Waals surface area contributed by atoms with Crippen molar-refractivity contribution in [3.05, 3.63) is 46.0 Å². The van der Waals surface area contributed by atoms with E-state index in [9.17, 15) is 4.79 Å². The van der Waals surface area contributed by atoms with Crippen LogP contribution in [0.15, 0.2) is 27.7 Å². The summed E-state index contributed by atoms with van der Waals surface area (Å²) in [7, 11) is 0. The van der Waals surface area contributed by atoms with Crippen LogP contribution in [-0.4, -0.2) is 32.8 Å². The molecule has 0 atom stereocenters. The number of rotatable bonds is 6. The first-order valence-electron chi connectivity index (χ1n) is 9.83. The largest absolute Gasteiger partial charge is 0.448 e. The van der Waals surface area contributed by atoms with E-state index in [1.165, 1.54) is 12.8 Å². The maximum atomic E-state index is 12.1. The lowest BCUT2D eigenvalue weighted by Crippen LogP contribution is -2.36. The molecule has 1 aliphatic carbocycles. The van der Waals surface area contributed by atoms with Gasteiger partial charge in [-0.1, -0.05) is 13.8 Å². The molecule has 6 heteroatoms. The maximum absolute atomic E-state index is 12.1. The summed E-state index contributed by atoms with van der Waals surface area (Å²) in [5.74, 6) is 2.47. The van der Waals surface area contributed by atoms with Crippen LogP contribution in [0.4, 0.5) is 0 Å². The van der Waals surface area contributed by atoms with E-state index in [0.717, 1.165) is 56.2 Å². The predicted octanol–water partition coefficient (Wildman–Crippen LogP) is 3.14. The van der Waals surface area contributed by atoms with Crippen LogP contribution in [0.5, 0.6) is 0 Å². The van der Waals surface area contributed by atoms with Crippen molar-refractivity contribution in [1.29, 1.82) is 0 Å². The Bertz CT molecular complexity index is 798. The van der Waals surface area contributed by atoms with Crippen molar-refractivity contribution in [3.8, 4) is 0 Å². The molecule has 2 aromatic heterocycles. The summed E-state index contributed by atoms with van der Waals surface area (Å²) in [5, 5.41) is 4.61. The fourth-order valence-corrected chi connectivity index (χ4v) is 3.84. The maximum Gasteiger partial charge on any atom is 0.266 e. The van der Waals surface area contributed by atoms with Crippen molar-refractivity contribution in [3.63, 3.8) is 0 Å². The summed E-state index contributed by atoms with van der Waals surface area (Å²) in [6.07, 6.45) is 6.17. The highest BCUT2D eigenvalue weighted by molar-refractivity contribution is 5.13. The summed E-state index contributed by atoms with van der Waals surface area (Å²) in [5.41, 5.74) is 2.18. The number of oxazole rings is 1. The molecule has 0 spiro atoms. The second-order valence-electron chi connectivity index (χ2n) is 8.09. The minimum absolute atomic E-state index is 0.0287. The van der Waals surface area contributed by atoms with E-state index < -0.39 is 0 Å². The van der Waals surface area contributed by atoms with Crippen molar-refractivity contribution >= 4 is 0 Å². The van der Waals surface area contributed by atoms with Gasteiger partial charge in [0.1, 0.15) is 5.76 Å². The van der Waals surface area contributed by atoms with Crippen molar-refractivity contribution < 1.29 is 4.42 Å².